The lowest BCUT2D eigenvalue weighted by Gasteiger charge is -2.04. The van der Waals surface area contributed by atoms with Crippen LogP contribution >= 0.6 is 22.9 Å². The SMILES string of the molecule is CCCn1ncc(Cl)c1C(=O)c1cc(C)c(C)s1. The predicted molar refractivity (Wildman–Crippen MR) is 74.8 cm³/mol. The zero-order valence-electron chi connectivity index (χ0n) is 10.7. The Labute approximate surface area is 115 Å². The molecule has 0 saturated carbocycles. The van der Waals surface area contributed by atoms with Crippen molar-refractivity contribution in [2.45, 2.75) is 33.7 Å². The van der Waals surface area contributed by atoms with Gasteiger partial charge in [-0.3, -0.25) is 9.48 Å². The molecule has 96 valence electrons. The summed E-state index contributed by atoms with van der Waals surface area (Å²) in [6.45, 7) is 6.77. The molecular weight excluding hydrogens is 268 g/mol. The molecule has 0 aliphatic heterocycles. The molecule has 18 heavy (non-hydrogen) atoms. The zero-order chi connectivity index (χ0) is 13.3. The molecule has 0 aromatic carbocycles. The molecule has 0 radical (unpaired) electrons. The second-order valence-corrected chi connectivity index (χ2v) is 5.91. The monoisotopic (exact) mass is 282 g/mol. The highest BCUT2D eigenvalue weighted by molar-refractivity contribution is 7.14. The molecule has 0 atom stereocenters. The highest BCUT2D eigenvalue weighted by Gasteiger charge is 2.20. The number of nitrogens with zero attached hydrogens (tertiary/aromatic N) is 2. The van der Waals surface area contributed by atoms with Gasteiger partial charge in [0.15, 0.2) is 0 Å². The van der Waals surface area contributed by atoms with Gasteiger partial charge in [-0.1, -0.05) is 18.5 Å². The van der Waals surface area contributed by atoms with Gasteiger partial charge in [0.1, 0.15) is 5.69 Å². The minimum absolute atomic E-state index is 0.0350. The van der Waals surface area contributed by atoms with E-state index in [0.717, 1.165) is 21.7 Å². The summed E-state index contributed by atoms with van der Waals surface area (Å²) in [5, 5.41) is 4.58. The molecule has 2 heterocycles. The van der Waals surface area contributed by atoms with E-state index in [4.69, 9.17) is 11.6 Å². The van der Waals surface area contributed by atoms with Gasteiger partial charge in [-0.25, -0.2) is 0 Å². The van der Waals surface area contributed by atoms with Crippen molar-refractivity contribution in [1.82, 2.24) is 9.78 Å². The van der Waals surface area contributed by atoms with E-state index in [1.54, 1.807) is 4.68 Å². The summed E-state index contributed by atoms with van der Waals surface area (Å²) in [4.78, 5) is 14.3. The number of halogens is 1. The zero-order valence-corrected chi connectivity index (χ0v) is 12.2. The van der Waals surface area contributed by atoms with Gasteiger partial charge in [0.2, 0.25) is 5.78 Å². The Bertz CT molecular complexity index is 566. The van der Waals surface area contributed by atoms with Crippen LogP contribution in [-0.2, 0) is 6.54 Å². The molecule has 0 aliphatic rings. The van der Waals surface area contributed by atoms with Crippen LogP contribution in [0.5, 0.6) is 0 Å². The van der Waals surface area contributed by atoms with Crippen molar-refractivity contribution in [3.8, 4) is 0 Å². The molecule has 0 unspecified atom stereocenters. The highest BCUT2D eigenvalue weighted by Crippen LogP contribution is 2.26. The van der Waals surface area contributed by atoms with Crippen molar-refractivity contribution in [1.29, 1.82) is 0 Å². The van der Waals surface area contributed by atoms with E-state index in [1.165, 1.54) is 17.5 Å². The fourth-order valence-corrected chi connectivity index (χ4v) is 2.97. The van der Waals surface area contributed by atoms with Crippen LogP contribution in [0.25, 0.3) is 0 Å². The number of aromatic nitrogens is 2. The van der Waals surface area contributed by atoms with Crippen LogP contribution in [0.15, 0.2) is 12.3 Å². The number of aryl methyl sites for hydroxylation is 3. The van der Waals surface area contributed by atoms with Crippen LogP contribution in [0.2, 0.25) is 5.02 Å². The van der Waals surface area contributed by atoms with E-state index in [-0.39, 0.29) is 5.78 Å². The molecule has 0 bridgehead atoms. The van der Waals surface area contributed by atoms with Crippen molar-refractivity contribution < 1.29 is 4.79 Å². The maximum absolute atomic E-state index is 12.5. The summed E-state index contributed by atoms with van der Waals surface area (Å²) in [6.07, 6.45) is 2.46. The van der Waals surface area contributed by atoms with Gasteiger partial charge in [-0.05, 0) is 31.9 Å². The number of rotatable bonds is 4. The van der Waals surface area contributed by atoms with Gasteiger partial charge in [0.05, 0.1) is 16.1 Å². The summed E-state index contributed by atoms with van der Waals surface area (Å²) in [7, 11) is 0. The van der Waals surface area contributed by atoms with E-state index in [0.29, 0.717) is 17.3 Å². The van der Waals surface area contributed by atoms with E-state index in [1.807, 2.05) is 26.8 Å². The molecule has 0 saturated heterocycles. The van der Waals surface area contributed by atoms with Gasteiger partial charge < -0.3 is 0 Å². The van der Waals surface area contributed by atoms with Crippen LogP contribution in [0.4, 0.5) is 0 Å². The Hall–Kier alpha value is -1.13. The Morgan fingerprint density at radius 3 is 2.78 bits per heavy atom. The Morgan fingerprint density at radius 2 is 2.22 bits per heavy atom. The maximum Gasteiger partial charge on any atom is 0.222 e. The van der Waals surface area contributed by atoms with E-state index < -0.39 is 0 Å². The summed E-state index contributed by atoms with van der Waals surface area (Å²) in [6, 6.07) is 1.92. The second kappa shape index (κ2) is 5.24. The predicted octanol–water partition coefficient (Wildman–Crippen LogP) is 3.86. The normalized spacial score (nSPS) is 10.9. The molecule has 2 rings (SSSR count). The van der Waals surface area contributed by atoms with Crippen molar-refractivity contribution >= 4 is 28.7 Å². The summed E-state index contributed by atoms with van der Waals surface area (Å²) < 4.78 is 1.69. The standard InChI is InChI=1S/C13H15ClN2OS/c1-4-5-16-12(10(14)7-15-16)13(17)11-6-8(2)9(3)18-11/h6-7H,4-5H2,1-3H3. The number of carbonyl (C=O) groups is 1. The van der Waals surface area contributed by atoms with Gasteiger partial charge in [-0.2, -0.15) is 5.10 Å². The lowest BCUT2D eigenvalue weighted by molar-refractivity contribution is 0.103. The first-order chi connectivity index (χ1) is 8.54. The maximum atomic E-state index is 12.5. The molecule has 3 nitrogen and oxygen atoms in total. The third kappa shape index (κ3) is 2.35. The molecule has 0 fully saturated rings. The average Bonchev–Trinajstić information content (AvgIpc) is 2.84. The lowest BCUT2D eigenvalue weighted by Crippen LogP contribution is -2.11. The first-order valence-corrected chi connectivity index (χ1v) is 7.07. The molecule has 0 spiro atoms. The molecular formula is C13H15ClN2OS. The van der Waals surface area contributed by atoms with Crippen LogP contribution in [0.1, 0.15) is 39.2 Å². The Morgan fingerprint density at radius 1 is 1.50 bits per heavy atom. The van der Waals surface area contributed by atoms with Gasteiger partial charge in [0.25, 0.3) is 0 Å². The number of hydrogen-bond acceptors (Lipinski definition) is 3. The molecule has 0 amide bonds. The number of ketones is 1. The fourth-order valence-electron chi connectivity index (χ4n) is 1.77. The van der Waals surface area contributed by atoms with Gasteiger partial charge in [0, 0.05) is 11.4 Å². The number of hydrogen-bond donors (Lipinski definition) is 0. The Balaban J connectivity index is 2.42. The highest BCUT2D eigenvalue weighted by atomic mass is 35.5. The van der Waals surface area contributed by atoms with Crippen LogP contribution in [-0.4, -0.2) is 15.6 Å². The fraction of sp³-hybridized carbons (Fsp3) is 0.385. The topological polar surface area (TPSA) is 34.9 Å². The molecule has 2 aromatic heterocycles. The van der Waals surface area contributed by atoms with Crippen molar-refractivity contribution in [3.05, 3.63) is 38.3 Å². The summed E-state index contributed by atoms with van der Waals surface area (Å²) >= 11 is 7.58. The molecule has 2 aromatic rings. The number of carbonyl (C=O) groups excluding carboxylic acids is 1. The van der Waals surface area contributed by atoms with E-state index in [9.17, 15) is 4.79 Å². The van der Waals surface area contributed by atoms with Crippen LogP contribution in [0, 0.1) is 13.8 Å². The average molecular weight is 283 g/mol. The smallest absolute Gasteiger partial charge is 0.222 e. The second-order valence-electron chi connectivity index (χ2n) is 4.24. The third-order valence-corrected chi connectivity index (χ3v) is 4.26. The third-order valence-electron chi connectivity index (χ3n) is 2.84. The molecule has 0 N–H and O–H groups in total. The lowest BCUT2D eigenvalue weighted by atomic mass is 10.2. The van der Waals surface area contributed by atoms with Crippen molar-refractivity contribution in [3.63, 3.8) is 0 Å². The first kappa shape index (κ1) is 13.3. The minimum Gasteiger partial charge on any atom is -0.286 e. The van der Waals surface area contributed by atoms with Gasteiger partial charge in [-0.15, -0.1) is 11.3 Å². The minimum atomic E-state index is -0.0350. The van der Waals surface area contributed by atoms with Crippen molar-refractivity contribution in [2.24, 2.45) is 0 Å². The van der Waals surface area contributed by atoms with Crippen LogP contribution < -0.4 is 0 Å². The first-order valence-electron chi connectivity index (χ1n) is 5.87. The summed E-state index contributed by atoms with van der Waals surface area (Å²) in [5.74, 6) is -0.0350. The summed E-state index contributed by atoms with van der Waals surface area (Å²) in [5.41, 5.74) is 1.64. The number of thiophene rings is 1. The van der Waals surface area contributed by atoms with E-state index >= 15 is 0 Å². The van der Waals surface area contributed by atoms with Crippen molar-refractivity contribution in [2.75, 3.05) is 0 Å². The largest absolute Gasteiger partial charge is 0.286 e. The Kier molecular flexibility index (Phi) is 3.88. The van der Waals surface area contributed by atoms with Gasteiger partial charge >= 0.3 is 0 Å². The quantitative estimate of drug-likeness (QED) is 0.798. The van der Waals surface area contributed by atoms with E-state index in [2.05, 4.69) is 5.10 Å². The molecule has 5 heteroatoms. The molecule has 0 aliphatic carbocycles. The van der Waals surface area contributed by atoms with Crippen LogP contribution in [0.3, 0.4) is 0 Å².